The van der Waals surface area contributed by atoms with Gasteiger partial charge in [0.05, 0.1) is 29.6 Å². The third-order valence-electron chi connectivity index (χ3n) is 3.49. The summed E-state index contributed by atoms with van der Waals surface area (Å²) in [5.41, 5.74) is 4.92. The van der Waals surface area contributed by atoms with Gasteiger partial charge in [0.15, 0.2) is 0 Å². The van der Waals surface area contributed by atoms with Crippen molar-refractivity contribution in [3.63, 3.8) is 0 Å². The normalized spacial score (nSPS) is 13.5. The van der Waals surface area contributed by atoms with Gasteiger partial charge in [0.25, 0.3) is 0 Å². The number of aromatic amines is 1. The minimum absolute atomic E-state index is 0.722. The highest BCUT2D eigenvalue weighted by molar-refractivity contribution is 5.85. The van der Waals surface area contributed by atoms with Gasteiger partial charge in [-0.05, 0) is 13.0 Å². The van der Waals surface area contributed by atoms with Gasteiger partial charge in [0.2, 0.25) is 0 Å². The van der Waals surface area contributed by atoms with E-state index in [1.165, 1.54) is 0 Å². The Morgan fingerprint density at radius 2 is 2.21 bits per heavy atom. The van der Waals surface area contributed by atoms with Gasteiger partial charge >= 0.3 is 0 Å². The smallest absolute Gasteiger partial charge is 0.135 e. The molecule has 0 aromatic carbocycles. The van der Waals surface area contributed by atoms with E-state index in [9.17, 15) is 0 Å². The first kappa shape index (κ1) is 10.5. The van der Waals surface area contributed by atoms with E-state index in [-0.39, 0.29) is 0 Å². The molecule has 3 aromatic heterocycles. The number of pyridine rings is 2. The number of fused-ring (bicyclic) bond motifs is 2. The van der Waals surface area contributed by atoms with Gasteiger partial charge in [0, 0.05) is 35.5 Å². The van der Waals surface area contributed by atoms with E-state index in [4.69, 9.17) is 4.74 Å². The summed E-state index contributed by atoms with van der Waals surface area (Å²) in [4.78, 5) is 8.93. The largest absolute Gasteiger partial charge is 0.492 e. The second kappa shape index (κ2) is 3.78. The maximum absolute atomic E-state index is 5.71. The Labute approximate surface area is 109 Å². The molecule has 0 bridgehead atoms. The van der Waals surface area contributed by atoms with Crippen LogP contribution in [0.4, 0.5) is 0 Å². The number of hydrogen-bond donors (Lipinski definition) is 1. The molecular formula is C14H12N4O. The number of nitrogens with one attached hydrogen (secondary N) is 1. The van der Waals surface area contributed by atoms with Gasteiger partial charge in [-0.3, -0.25) is 15.1 Å². The molecule has 0 aliphatic carbocycles. The Hall–Kier alpha value is -2.43. The Balaban J connectivity index is 1.98. The molecule has 1 aliphatic rings. The van der Waals surface area contributed by atoms with E-state index < -0.39 is 0 Å². The summed E-state index contributed by atoms with van der Waals surface area (Å²) in [6, 6.07) is 1.99. The van der Waals surface area contributed by atoms with Crippen molar-refractivity contribution in [2.24, 2.45) is 0 Å². The number of rotatable bonds is 1. The molecule has 0 saturated heterocycles. The minimum Gasteiger partial charge on any atom is -0.492 e. The Bertz CT molecular complexity index is 778. The molecule has 19 heavy (non-hydrogen) atoms. The lowest BCUT2D eigenvalue weighted by atomic mass is 10.1. The van der Waals surface area contributed by atoms with E-state index in [2.05, 4.69) is 20.2 Å². The zero-order valence-electron chi connectivity index (χ0n) is 10.5. The zero-order chi connectivity index (χ0) is 12.8. The molecule has 1 aliphatic heterocycles. The molecule has 0 fully saturated rings. The molecule has 1 N–H and O–H groups in total. The first-order valence-electron chi connectivity index (χ1n) is 6.24. The molecule has 0 amide bonds. The summed E-state index contributed by atoms with van der Waals surface area (Å²) < 4.78 is 5.71. The van der Waals surface area contributed by atoms with Crippen LogP contribution in [0.25, 0.3) is 22.2 Å². The standard InChI is InChI=1S/C14H12N4O/c1-8-10-7-16-18-13(10)4-12(17-8)11-6-15-5-9-2-3-19-14(9)11/h4-7H,2-3H2,1H3,(H,16,18). The number of hydrogen-bond acceptors (Lipinski definition) is 4. The number of H-pyrrole nitrogens is 1. The van der Waals surface area contributed by atoms with Crippen molar-refractivity contribution in [3.05, 3.63) is 35.9 Å². The van der Waals surface area contributed by atoms with Crippen molar-refractivity contribution >= 4 is 10.9 Å². The molecule has 4 rings (SSSR count). The fourth-order valence-corrected chi connectivity index (χ4v) is 2.53. The third kappa shape index (κ3) is 1.51. The molecule has 0 saturated carbocycles. The van der Waals surface area contributed by atoms with Crippen LogP contribution < -0.4 is 4.74 Å². The molecule has 3 aromatic rings. The van der Waals surface area contributed by atoms with E-state index in [1.807, 2.05) is 25.4 Å². The lowest BCUT2D eigenvalue weighted by molar-refractivity contribution is 0.358. The second-order valence-corrected chi connectivity index (χ2v) is 4.70. The van der Waals surface area contributed by atoms with Crippen molar-refractivity contribution in [3.8, 4) is 17.0 Å². The average Bonchev–Trinajstić information content (AvgIpc) is 3.06. The number of ether oxygens (including phenoxy) is 1. The lowest BCUT2D eigenvalue weighted by Crippen LogP contribution is -1.93. The van der Waals surface area contributed by atoms with Crippen LogP contribution in [0.1, 0.15) is 11.3 Å². The van der Waals surface area contributed by atoms with Crippen LogP contribution in [0.2, 0.25) is 0 Å². The maximum atomic E-state index is 5.71. The van der Waals surface area contributed by atoms with Gasteiger partial charge in [-0.15, -0.1) is 0 Å². The van der Waals surface area contributed by atoms with Crippen LogP contribution >= 0.6 is 0 Å². The summed E-state index contributed by atoms with van der Waals surface area (Å²) >= 11 is 0. The molecule has 0 atom stereocenters. The van der Waals surface area contributed by atoms with Gasteiger partial charge in [-0.2, -0.15) is 5.10 Å². The summed E-state index contributed by atoms with van der Waals surface area (Å²) in [5, 5.41) is 8.09. The van der Waals surface area contributed by atoms with Crippen molar-refractivity contribution in [2.75, 3.05) is 6.61 Å². The SMILES string of the molecule is Cc1nc(-c2cncc3c2OCC3)cc2[nH]ncc12. The van der Waals surface area contributed by atoms with Crippen LogP contribution in [-0.2, 0) is 6.42 Å². The van der Waals surface area contributed by atoms with Gasteiger partial charge in [0.1, 0.15) is 5.75 Å². The average molecular weight is 252 g/mol. The Morgan fingerprint density at radius 1 is 1.26 bits per heavy atom. The van der Waals surface area contributed by atoms with Gasteiger partial charge in [-0.25, -0.2) is 0 Å². The van der Waals surface area contributed by atoms with Crippen molar-refractivity contribution < 1.29 is 4.74 Å². The molecule has 4 heterocycles. The van der Waals surface area contributed by atoms with E-state index in [0.717, 1.165) is 52.2 Å². The van der Waals surface area contributed by atoms with E-state index in [1.54, 1.807) is 6.20 Å². The monoisotopic (exact) mass is 252 g/mol. The van der Waals surface area contributed by atoms with Crippen molar-refractivity contribution in [1.82, 2.24) is 20.2 Å². The molecule has 0 spiro atoms. The number of nitrogens with zero attached hydrogens (tertiary/aromatic N) is 3. The summed E-state index contributed by atoms with van der Waals surface area (Å²) in [7, 11) is 0. The summed E-state index contributed by atoms with van der Waals surface area (Å²) in [5.74, 6) is 0.917. The van der Waals surface area contributed by atoms with E-state index >= 15 is 0 Å². The fraction of sp³-hybridized carbons (Fsp3) is 0.214. The third-order valence-corrected chi connectivity index (χ3v) is 3.49. The fourth-order valence-electron chi connectivity index (χ4n) is 2.53. The van der Waals surface area contributed by atoms with Gasteiger partial charge in [-0.1, -0.05) is 0 Å². The molecular weight excluding hydrogens is 240 g/mol. The second-order valence-electron chi connectivity index (χ2n) is 4.70. The zero-order valence-corrected chi connectivity index (χ0v) is 10.5. The number of aryl methyl sites for hydroxylation is 1. The summed E-state index contributed by atoms with van der Waals surface area (Å²) in [6.45, 7) is 2.71. The highest BCUT2D eigenvalue weighted by atomic mass is 16.5. The van der Waals surface area contributed by atoms with Gasteiger partial charge < -0.3 is 4.74 Å². The molecule has 94 valence electrons. The highest BCUT2D eigenvalue weighted by Crippen LogP contribution is 2.35. The predicted molar refractivity (Wildman–Crippen MR) is 71.1 cm³/mol. The van der Waals surface area contributed by atoms with Crippen molar-refractivity contribution in [2.45, 2.75) is 13.3 Å². The number of aromatic nitrogens is 4. The lowest BCUT2D eigenvalue weighted by Gasteiger charge is -2.08. The first-order chi connectivity index (χ1) is 9.33. The first-order valence-corrected chi connectivity index (χ1v) is 6.24. The van der Waals surface area contributed by atoms with Crippen LogP contribution in [0.5, 0.6) is 5.75 Å². The van der Waals surface area contributed by atoms with Crippen LogP contribution in [0.15, 0.2) is 24.7 Å². The minimum atomic E-state index is 0.722. The Kier molecular flexibility index (Phi) is 2.09. The van der Waals surface area contributed by atoms with E-state index in [0.29, 0.717) is 0 Å². The summed E-state index contributed by atoms with van der Waals surface area (Å²) in [6.07, 6.45) is 6.40. The van der Waals surface area contributed by atoms with Crippen molar-refractivity contribution in [1.29, 1.82) is 0 Å². The van der Waals surface area contributed by atoms with Crippen LogP contribution in [-0.4, -0.2) is 26.8 Å². The predicted octanol–water partition coefficient (Wildman–Crippen LogP) is 2.26. The molecule has 5 heteroatoms. The molecule has 0 unspecified atom stereocenters. The van der Waals surface area contributed by atoms with Crippen LogP contribution in [0.3, 0.4) is 0 Å². The quantitative estimate of drug-likeness (QED) is 0.721. The highest BCUT2D eigenvalue weighted by Gasteiger charge is 2.19. The van der Waals surface area contributed by atoms with Crippen LogP contribution in [0, 0.1) is 6.92 Å². The Morgan fingerprint density at radius 3 is 3.16 bits per heavy atom. The molecule has 0 radical (unpaired) electrons. The molecule has 5 nitrogen and oxygen atoms in total. The topological polar surface area (TPSA) is 63.7 Å². The maximum Gasteiger partial charge on any atom is 0.135 e.